The highest BCUT2D eigenvalue weighted by atomic mass is 127. The summed E-state index contributed by atoms with van der Waals surface area (Å²) >= 11 is 0. The highest BCUT2D eigenvalue weighted by molar-refractivity contribution is 14.0. The van der Waals surface area contributed by atoms with E-state index < -0.39 is 0 Å². The summed E-state index contributed by atoms with van der Waals surface area (Å²) in [6.07, 6.45) is 7.12. The average molecular weight is 468 g/mol. The lowest BCUT2D eigenvalue weighted by molar-refractivity contribution is -0.127. The van der Waals surface area contributed by atoms with E-state index in [0.29, 0.717) is 11.5 Å². The van der Waals surface area contributed by atoms with Crippen LogP contribution in [0.25, 0.3) is 0 Å². The van der Waals surface area contributed by atoms with E-state index in [1.54, 1.807) is 26.1 Å². The van der Waals surface area contributed by atoms with Crippen molar-refractivity contribution in [3.8, 4) is 0 Å². The third-order valence-electron chi connectivity index (χ3n) is 5.00. The summed E-state index contributed by atoms with van der Waals surface area (Å²) in [5.74, 6) is 0.749. The Bertz CT molecular complexity index is 410. The van der Waals surface area contributed by atoms with Crippen molar-refractivity contribution < 1.29 is 9.53 Å². The van der Waals surface area contributed by atoms with Gasteiger partial charge in [0, 0.05) is 40.4 Å². The summed E-state index contributed by atoms with van der Waals surface area (Å²) in [5, 5.41) is 6.88. The van der Waals surface area contributed by atoms with Crippen molar-refractivity contribution in [3.05, 3.63) is 0 Å². The zero-order valence-electron chi connectivity index (χ0n) is 16.6. The molecule has 0 aromatic carbocycles. The van der Waals surface area contributed by atoms with Gasteiger partial charge in [0.2, 0.25) is 5.91 Å². The molecule has 0 aliphatic heterocycles. The van der Waals surface area contributed by atoms with Gasteiger partial charge in [0.25, 0.3) is 0 Å². The Balaban J connectivity index is 0.00000576. The van der Waals surface area contributed by atoms with Crippen LogP contribution in [0, 0.1) is 5.41 Å². The number of aliphatic imine (C=N–C) groups is 1. The van der Waals surface area contributed by atoms with E-state index in [2.05, 4.69) is 29.5 Å². The number of halogens is 1. The first kappa shape index (κ1) is 24.4. The highest BCUT2D eigenvalue weighted by Gasteiger charge is 2.33. The van der Waals surface area contributed by atoms with Crippen LogP contribution in [-0.4, -0.2) is 63.7 Å². The van der Waals surface area contributed by atoms with Gasteiger partial charge in [-0.1, -0.05) is 19.8 Å². The van der Waals surface area contributed by atoms with Crippen molar-refractivity contribution in [2.45, 2.75) is 58.4 Å². The molecule has 0 aromatic rings. The number of methoxy groups -OCH3 is 1. The maximum Gasteiger partial charge on any atom is 0.243 e. The molecule has 1 rings (SSSR count). The molecule has 0 heterocycles. The normalized spacial score (nSPS) is 17.6. The topological polar surface area (TPSA) is 66.0 Å². The van der Waals surface area contributed by atoms with Crippen LogP contribution in [0.3, 0.4) is 0 Å². The molecule has 0 radical (unpaired) electrons. The van der Waals surface area contributed by atoms with E-state index in [9.17, 15) is 4.79 Å². The van der Waals surface area contributed by atoms with E-state index in [1.807, 2.05) is 0 Å². The van der Waals surface area contributed by atoms with Crippen LogP contribution in [-0.2, 0) is 9.53 Å². The summed E-state index contributed by atoms with van der Waals surface area (Å²) in [7, 11) is 5.27. The van der Waals surface area contributed by atoms with E-state index in [1.165, 1.54) is 25.7 Å². The number of nitrogens with zero attached hydrogens (tertiary/aromatic N) is 2. The molecule has 148 valence electrons. The van der Waals surface area contributed by atoms with Crippen LogP contribution in [0.2, 0.25) is 0 Å². The average Bonchev–Trinajstić information content (AvgIpc) is 3.04. The lowest BCUT2D eigenvalue weighted by Crippen LogP contribution is -2.46. The standard InChI is InChI=1S/C18H36N4O2.HI/c1-6-15(2)21-17(19-13-16(23)22(3)4)20-14-18(11-12-24-5)9-7-8-10-18;/h15H,6-14H2,1-5H3,(H2,19,20,21);1H. The molecular weight excluding hydrogens is 431 g/mol. The Morgan fingerprint density at radius 2 is 1.96 bits per heavy atom. The zero-order valence-corrected chi connectivity index (χ0v) is 18.9. The molecule has 0 spiro atoms. The van der Waals surface area contributed by atoms with Gasteiger partial charge in [0.15, 0.2) is 5.96 Å². The maximum absolute atomic E-state index is 11.8. The number of hydrogen-bond acceptors (Lipinski definition) is 3. The lowest BCUT2D eigenvalue weighted by Gasteiger charge is -2.30. The molecular formula is C18H37IN4O2. The van der Waals surface area contributed by atoms with Crippen molar-refractivity contribution >= 4 is 35.8 Å². The number of ether oxygens (including phenoxy) is 1. The first-order valence-corrected chi connectivity index (χ1v) is 9.16. The van der Waals surface area contributed by atoms with Gasteiger partial charge in [-0.3, -0.25) is 4.79 Å². The van der Waals surface area contributed by atoms with E-state index in [4.69, 9.17) is 4.74 Å². The molecule has 1 unspecified atom stereocenters. The van der Waals surface area contributed by atoms with Crippen molar-refractivity contribution in [2.75, 3.05) is 40.9 Å². The van der Waals surface area contributed by atoms with Gasteiger partial charge >= 0.3 is 0 Å². The van der Waals surface area contributed by atoms with Gasteiger partial charge in [-0.05, 0) is 38.0 Å². The summed E-state index contributed by atoms with van der Waals surface area (Å²) in [4.78, 5) is 17.9. The minimum atomic E-state index is 0. The Morgan fingerprint density at radius 1 is 1.32 bits per heavy atom. The Hall–Kier alpha value is -0.570. The minimum absolute atomic E-state index is 0. The van der Waals surface area contributed by atoms with Gasteiger partial charge < -0.3 is 20.3 Å². The molecule has 0 bridgehead atoms. The SMILES string of the molecule is CCC(C)NC(=NCC(=O)N(C)C)NCC1(CCOC)CCCC1.I. The monoisotopic (exact) mass is 468 g/mol. The molecule has 0 saturated heterocycles. The third kappa shape index (κ3) is 9.08. The molecule has 0 aromatic heterocycles. The quantitative estimate of drug-likeness (QED) is 0.310. The summed E-state index contributed by atoms with van der Waals surface area (Å²) < 4.78 is 5.30. The zero-order chi connectivity index (χ0) is 18.0. The van der Waals surface area contributed by atoms with Gasteiger partial charge in [0.05, 0.1) is 0 Å². The fraction of sp³-hybridized carbons (Fsp3) is 0.889. The Labute approximate surface area is 170 Å². The first-order chi connectivity index (χ1) is 11.4. The van der Waals surface area contributed by atoms with Crippen molar-refractivity contribution in [1.82, 2.24) is 15.5 Å². The fourth-order valence-electron chi connectivity index (χ4n) is 3.01. The molecule has 1 atom stereocenters. The van der Waals surface area contributed by atoms with E-state index in [-0.39, 0.29) is 36.4 Å². The maximum atomic E-state index is 11.8. The Kier molecular flexibility index (Phi) is 12.4. The van der Waals surface area contributed by atoms with Crippen molar-refractivity contribution in [3.63, 3.8) is 0 Å². The number of carbonyl (C=O) groups excluding carboxylic acids is 1. The number of likely N-dealkylation sites (N-methyl/N-ethyl adjacent to an activating group) is 1. The largest absolute Gasteiger partial charge is 0.385 e. The first-order valence-electron chi connectivity index (χ1n) is 9.16. The van der Waals surface area contributed by atoms with Crippen LogP contribution >= 0.6 is 24.0 Å². The van der Waals surface area contributed by atoms with Crippen LogP contribution in [0.15, 0.2) is 4.99 Å². The minimum Gasteiger partial charge on any atom is -0.385 e. The lowest BCUT2D eigenvalue weighted by atomic mass is 9.83. The smallest absolute Gasteiger partial charge is 0.243 e. The highest BCUT2D eigenvalue weighted by Crippen LogP contribution is 2.40. The van der Waals surface area contributed by atoms with Crippen LogP contribution in [0.4, 0.5) is 0 Å². The second kappa shape index (κ2) is 12.7. The van der Waals surface area contributed by atoms with Gasteiger partial charge in [0.1, 0.15) is 6.54 Å². The van der Waals surface area contributed by atoms with Gasteiger partial charge in [-0.25, -0.2) is 4.99 Å². The van der Waals surface area contributed by atoms with E-state index >= 15 is 0 Å². The molecule has 1 saturated carbocycles. The van der Waals surface area contributed by atoms with E-state index in [0.717, 1.165) is 32.0 Å². The van der Waals surface area contributed by atoms with Crippen LogP contribution in [0.1, 0.15) is 52.4 Å². The number of carbonyl (C=O) groups is 1. The predicted molar refractivity (Wildman–Crippen MR) is 115 cm³/mol. The fourth-order valence-corrected chi connectivity index (χ4v) is 3.01. The Morgan fingerprint density at radius 3 is 2.48 bits per heavy atom. The predicted octanol–water partition coefficient (Wildman–Crippen LogP) is 2.62. The number of nitrogens with one attached hydrogen (secondary N) is 2. The van der Waals surface area contributed by atoms with Crippen LogP contribution in [0.5, 0.6) is 0 Å². The van der Waals surface area contributed by atoms with Gasteiger partial charge in [-0.15, -0.1) is 24.0 Å². The molecule has 1 aliphatic rings. The molecule has 25 heavy (non-hydrogen) atoms. The number of amides is 1. The molecule has 1 fully saturated rings. The van der Waals surface area contributed by atoms with Crippen molar-refractivity contribution in [1.29, 1.82) is 0 Å². The second-order valence-corrected chi connectivity index (χ2v) is 7.21. The molecule has 1 amide bonds. The molecule has 6 nitrogen and oxygen atoms in total. The molecule has 7 heteroatoms. The van der Waals surface area contributed by atoms with Crippen molar-refractivity contribution in [2.24, 2.45) is 10.4 Å². The molecule has 1 aliphatic carbocycles. The van der Waals surface area contributed by atoms with Crippen LogP contribution < -0.4 is 10.6 Å². The summed E-state index contributed by atoms with van der Waals surface area (Å²) in [5.41, 5.74) is 0.291. The third-order valence-corrected chi connectivity index (χ3v) is 5.00. The summed E-state index contributed by atoms with van der Waals surface area (Å²) in [6, 6.07) is 0.323. The number of guanidine groups is 1. The van der Waals surface area contributed by atoms with Gasteiger partial charge in [-0.2, -0.15) is 0 Å². The molecule has 2 N–H and O–H groups in total. The number of rotatable bonds is 9. The summed E-state index contributed by atoms with van der Waals surface area (Å²) in [6.45, 7) is 6.11. The number of hydrogen-bond donors (Lipinski definition) is 2. The second-order valence-electron chi connectivity index (χ2n) is 7.21.